The number of nitrogens with one attached hydrogen (secondary N) is 1. The van der Waals surface area contributed by atoms with Crippen molar-refractivity contribution in [2.24, 2.45) is 5.92 Å². The van der Waals surface area contributed by atoms with Crippen LogP contribution in [0.15, 0.2) is 36.8 Å². The average Bonchev–Trinajstić information content (AvgIpc) is 3.23. The molecule has 0 amide bonds. The van der Waals surface area contributed by atoms with E-state index in [-0.39, 0.29) is 5.75 Å². The number of aromatic hydroxyl groups is 1. The minimum absolute atomic E-state index is 0.136. The summed E-state index contributed by atoms with van der Waals surface area (Å²) in [5.74, 6) is 1.33. The topological polar surface area (TPSA) is 103 Å². The van der Waals surface area contributed by atoms with Gasteiger partial charge in [-0.25, -0.2) is 4.98 Å². The standard InChI is InChI=1S/C20H23N7O2/c1-26-4-5-27(10-18(26)15-11-29-12-15)20-21-9-17(24-25-20)16-3-2-13(6-19(16)28)14-7-22-23-8-14/h2-3,6-9,15,18,28H,4-5,10-12H2,1H3,(H,22,23). The monoisotopic (exact) mass is 393 g/mol. The predicted molar refractivity (Wildman–Crippen MR) is 107 cm³/mol. The number of phenolic OH excluding ortho intramolecular Hbond substituents is 1. The number of phenols is 1. The highest BCUT2D eigenvalue weighted by Crippen LogP contribution is 2.32. The first kappa shape index (κ1) is 18.0. The van der Waals surface area contributed by atoms with Gasteiger partial charge >= 0.3 is 0 Å². The molecule has 0 bridgehead atoms. The van der Waals surface area contributed by atoms with Gasteiger partial charge in [0.1, 0.15) is 11.4 Å². The number of aromatic amines is 1. The summed E-state index contributed by atoms with van der Waals surface area (Å²) in [7, 11) is 2.17. The summed E-state index contributed by atoms with van der Waals surface area (Å²) >= 11 is 0. The summed E-state index contributed by atoms with van der Waals surface area (Å²) in [6.07, 6.45) is 5.17. The van der Waals surface area contributed by atoms with Crippen molar-refractivity contribution in [2.75, 3.05) is 44.8 Å². The quantitative estimate of drug-likeness (QED) is 0.686. The van der Waals surface area contributed by atoms with Crippen LogP contribution in [0.25, 0.3) is 22.4 Å². The minimum Gasteiger partial charge on any atom is -0.507 e. The van der Waals surface area contributed by atoms with Crippen LogP contribution in [0, 0.1) is 5.92 Å². The van der Waals surface area contributed by atoms with E-state index in [0.717, 1.165) is 44.0 Å². The lowest BCUT2D eigenvalue weighted by molar-refractivity contribution is -0.0719. The Hall–Kier alpha value is -3.04. The van der Waals surface area contributed by atoms with Gasteiger partial charge in [0.2, 0.25) is 5.95 Å². The second kappa shape index (κ2) is 7.41. The maximum absolute atomic E-state index is 10.5. The SMILES string of the molecule is CN1CCN(c2ncc(-c3ccc(-c4cn[nH]c4)cc3O)nn2)CC1C1COC1. The second-order valence-corrected chi connectivity index (χ2v) is 7.65. The summed E-state index contributed by atoms with van der Waals surface area (Å²) in [5, 5.41) is 25.9. The molecule has 0 saturated carbocycles. The van der Waals surface area contributed by atoms with E-state index in [9.17, 15) is 5.11 Å². The van der Waals surface area contributed by atoms with Crippen molar-refractivity contribution in [1.82, 2.24) is 30.3 Å². The van der Waals surface area contributed by atoms with Crippen LogP contribution in [0.4, 0.5) is 5.95 Å². The first-order valence-corrected chi connectivity index (χ1v) is 9.74. The van der Waals surface area contributed by atoms with Crippen molar-refractivity contribution in [2.45, 2.75) is 6.04 Å². The summed E-state index contributed by atoms with van der Waals surface area (Å²) in [4.78, 5) is 9.11. The highest BCUT2D eigenvalue weighted by Gasteiger charge is 2.35. The number of hydrogen-bond donors (Lipinski definition) is 2. The highest BCUT2D eigenvalue weighted by molar-refractivity contribution is 5.73. The molecule has 9 heteroatoms. The Balaban J connectivity index is 1.34. The van der Waals surface area contributed by atoms with Crippen molar-refractivity contribution >= 4 is 5.95 Å². The highest BCUT2D eigenvalue weighted by atomic mass is 16.5. The fourth-order valence-corrected chi connectivity index (χ4v) is 3.94. The molecule has 2 N–H and O–H groups in total. The van der Waals surface area contributed by atoms with E-state index in [2.05, 4.69) is 42.2 Å². The van der Waals surface area contributed by atoms with Crippen LogP contribution < -0.4 is 4.90 Å². The molecule has 0 radical (unpaired) electrons. The summed E-state index contributed by atoms with van der Waals surface area (Å²) in [6.45, 7) is 4.36. The predicted octanol–water partition coefficient (Wildman–Crippen LogP) is 1.40. The number of anilines is 1. The van der Waals surface area contributed by atoms with E-state index >= 15 is 0 Å². The Morgan fingerprint density at radius 1 is 1.14 bits per heavy atom. The molecule has 0 spiro atoms. The maximum Gasteiger partial charge on any atom is 0.245 e. The van der Waals surface area contributed by atoms with Gasteiger partial charge in [-0.2, -0.15) is 5.10 Å². The minimum atomic E-state index is 0.136. The first-order valence-electron chi connectivity index (χ1n) is 9.74. The number of benzene rings is 1. The molecule has 3 aromatic rings. The van der Waals surface area contributed by atoms with E-state index in [0.29, 0.717) is 29.2 Å². The lowest BCUT2D eigenvalue weighted by Crippen LogP contribution is -2.58. The van der Waals surface area contributed by atoms with Crippen LogP contribution in [0.5, 0.6) is 5.75 Å². The smallest absolute Gasteiger partial charge is 0.245 e. The molecule has 2 saturated heterocycles. The molecule has 0 aliphatic carbocycles. The Labute approximate surface area is 168 Å². The van der Waals surface area contributed by atoms with E-state index in [1.165, 1.54) is 0 Å². The molecular weight excluding hydrogens is 370 g/mol. The number of ether oxygens (including phenoxy) is 1. The molecule has 5 rings (SSSR count). The number of hydrogen-bond acceptors (Lipinski definition) is 8. The van der Waals surface area contributed by atoms with Gasteiger partial charge < -0.3 is 14.7 Å². The van der Waals surface area contributed by atoms with Crippen LogP contribution in [-0.2, 0) is 4.74 Å². The van der Waals surface area contributed by atoms with Gasteiger partial charge in [-0.05, 0) is 24.7 Å². The number of rotatable bonds is 4. The van der Waals surface area contributed by atoms with Gasteiger partial charge in [-0.1, -0.05) is 6.07 Å². The Bertz CT molecular complexity index is 971. The Kier molecular flexibility index (Phi) is 4.61. The molecule has 4 heterocycles. The van der Waals surface area contributed by atoms with Crippen LogP contribution in [0.3, 0.4) is 0 Å². The van der Waals surface area contributed by atoms with Crippen LogP contribution in [-0.4, -0.2) is 81.3 Å². The summed E-state index contributed by atoms with van der Waals surface area (Å²) < 4.78 is 5.37. The van der Waals surface area contributed by atoms with Gasteiger partial charge in [-0.15, -0.1) is 10.2 Å². The molecule has 1 aromatic carbocycles. The fourth-order valence-electron chi connectivity index (χ4n) is 3.94. The first-order chi connectivity index (χ1) is 14.2. The number of aromatic nitrogens is 5. The van der Waals surface area contributed by atoms with Crippen molar-refractivity contribution in [1.29, 1.82) is 0 Å². The Morgan fingerprint density at radius 3 is 2.69 bits per heavy atom. The zero-order valence-electron chi connectivity index (χ0n) is 16.2. The van der Waals surface area contributed by atoms with E-state index in [4.69, 9.17) is 4.74 Å². The Morgan fingerprint density at radius 2 is 2.03 bits per heavy atom. The zero-order chi connectivity index (χ0) is 19.8. The molecule has 1 unspecified atom stereocenters. The molecule has 2 aliphatic heterocycles. The van der Waals surface area contributed by atoms with E-state index in [1.54, 1.807) is 24.7 Å². The van der Waals surface area contributed by atoms with Crippen molar-refractivity contribution in [3.63, 3.8) is 0 Å². The maximum atomic E-state index is 10.5. The van der Waals surface area contributed by atoms with Crippen LogP contribution in [0.1, 0.15) is 0 Å². The fraction of sp³-hybridized carbons (Fsp3) is 0.400. The molecule has 2 aromatic heterocycles. The molecule has 9 nitrogen and oxygen atoms in total. The molecule has 150 valence electrons. The normalized spacial score (nSPS) is 20.6. The average molecular weight is 393 g/mol. The van der Waals surface area contributed by atoms with Crippen LogP contribution in [0.2, 0.25) is 0 Å². The largest absolute Gasteiger partial charge is 0.507 e. The van der Waals surface area contributed by atoms with Crippen molar-refractivity contribution in [3.8, 4) is 28.1 Å². The van der Waals surface area contributed by atoms with Gasteiger partial charge in [0, 0.05) is 48.9 Å². The van der Waals surface area contributed by atoms with Gasteiger partial charge in [0.15, 0.2) is 0 Å². The lowest BCUT2D eigenvalue weighted by atomic mass is 9.95. The number of H-pyrrole nitrogens is 1. The molecule has 1 atom stereocenters. The zero-order valence-corrected chi connectivity index (χ0v) is 16.2. The number of nitrogens with zero attached hydrogens (tertiary/aromatic N) is 6. The molecule has 2 aliphatic rings. The van der Waals surface area contributed by atoms with Gasteiger partial charge in [-0.3, -0.25) is 10.00 Å². The molecule has 2 fully saturated rings. The van der Waals surface area contributed by atoms with Gasteiger partial charge in [0.25, 0.3) is 0 Å². The summed E-state index contributed by atoms with van der Waals surface area (Å²) in [5.41, 5.74) is 2.93. The van der Waals surface area contributed by atoms with Crippen LogP contribution >= 0.6 is 0 Å². The summed E-state index contributed by atoms with van der Waals surface area (Å²) in [6, 6.07) is 5.88. The number of piperazine rings is 1. The molecular formula is C20H23N7O2. The second-order valence-electron chi connectivity index (χ2n) is 7.65. The lowest BCUT2D eigenvalue weighted by Gasteiger charge is -2.45. The van der Waals surface area contributed by atoms with Crippen molar-refractivity contribution in [3.05, 3.63) is 36.8 Å². The third kappa shape index (κ3) is 3.43. The van der Waals surface area contributed by atoms with E-state index in [1.807, 2.05) is 12.1 Å². The van der Waals surface area contributed by atoms with E-state index < -0.39 is 0 Å². The van der Waals surface area contributed by atoms with Crippen molar-refractivity contribution < 1.29 is 9.84 Å². The number of likely N-dealkylation sites (N-methyl/N-ethyl adjacent to an activating group) is 1. The third-order valence-electron chi connectivity index (χ3n) is 5.84. The molecule has 29 heavy (non-hydrogen) atoms. The third-order valence-corrected chi connectivity index (χ3v) is 5.84. The van der Waals surface area contributed by atoms with Gasteiger partial charge in [0.05, 0.1) is 25.6 Å².